The molecule has 27 heavy (non-hydrogen) atoms. The Bertz CT molecular complexity index is 805. The molecular weight excluding hydrogens is 349 g/mol. The lowest BCUT2D eigenvalue weighted by Crippen LogP contribution is -2.31. The predicted molar refractivity (Wildman–Crippen MR) is 100 cm³/mol. The largest absolute Gasteiger partial charge is 0.494 e. The van der Waals surface area contributed by atoms with Crippen LogP contribution in [0.2, 0.25) is 0 Å². The van der Waals surface area contributed by atoms with Gasteiger partial charge in [0.25, 0.3) is 0 Å². The van der Waals surface area contributed by atoms with Gasteiger partial charge in [-0.05, 0) is 29.3 Å². The van der Waals surface area contributed by atoms with E-state index in [1.54, 1.807) is 11.0 Å². The number of benzene rings is 2. The maximum atomic E-state index is 13.8. The summed E-state index contributed by atoms with van der Waals surface area (Å²) in [7, 11) is 2.70. The zero-order valence-corrected chi connectivity index (χ0v) is 15.4. The molecule has 0 aliphatic carbocycles. The molecular formula is C21H22FNO4. The summed E-state index contributed by atoms with van der Waals surface area (Å²) in [5, 5.41) is 0. The van der Waals surface area contributed by atoms with Gasteiger partial charge in [0.1, 0.15) is 0 Å². The molecule has 142 valence electrons. The van der Waals surface area contributed by atoms with Gasteiger partial charge in [-0.1, -0.05) is 36.4 Å². The lowest BCUT2D eigenvalue weighted by atomic mass is 10.1. The fourth-order valence-electron chi connectivity index (χ4n) is 2.46. The Morgan fingerprint density at radius 3 is 2.48 bits per heavy atom. The molecule has 0 radical (unpaired) electrons. The topological polar surface area (TPSA) is 55.8 Å². The predicted octanol–water partition coefficient (Wildman–Crippen LogP) is 3.44. The van der Waals surface area contributed by atoms with Crippen LogP contribution in [0.1, 0.15) is 17.5 Å². The number of esters is 1. The number of hydrogen-bond donors (Lipinski definition) is 0. The minimum atomic E-state index is -0.501. The van der Waals surface area contributed by atoms with Crippen LogP contribution >= 0.6 is 0 Å². The number of amides is 1. The minimum absolute atomic E-state index is 0.0973. The molecule has 2 aromatic rings. The standard InChI is InChI=1S/C21H22FNO4/c1-26-19-10-8-16(14-18(19)22)9-11-20(24)23(13-12-21(25)27-2)15-17-6-4-3-5-7-17/h3-11,14H,12-13,15H2,1-2H3/b11-9+. The zero-order valence-electron chi connectivity index (χ0n) is 15.4. The highest BCUT2D eigenvalue weighted by Crippen LogP contribution is 2.18. The van der Waals surface area contributed by atoms with Crippen LogP contribution in [-0.2, 0) is 20.9 Å². The van der Waals surface area contributed by atoms with Gasteiger partial charge in [-0.2, -0.15) is 0 Å². The summed E-state index contributed by atoms with van der Waals surface area (Å²) < 4.78 is 23.3. The van der Waals surface area contributed by atoms with Gasteiger partial charge in [0.15, 0.2) is 11.6 Å². The molecule has 2 aromatic carbocycles. The van der Waals surface area contributed by atoms with E-state index in [0.717, 1.165) is 5.56 Å². The Hall–Kier alpha value is -3.15. The van der Waals surface area contributed by atoms with E-state index in [1.165, 1.54) is 38.5 Å². The summed E-state index contributed by atoms with van der Waals surface area (Å²) in [5.74, 6) is -1.03. The first-order valence-corrected chi connectivity index (χ1v) is 8.44. The second kappa shape index (κ2) is 10.1. The SMILES string of the molecule is COC(=O)CCN(Cc1ccccc1)C(=O)/C=C/c1ccc(OC)c(F)c1. The third kappa shape index (κ3) is 6.26. The fraction of sp³-hybridized carbons (Fsp3) is 0.238. The van der Waals surface area contributed by atoms with Crippen molar-refractivity contribution in [3.05, 3.63) is 71.6 Å². The molecule has 0 N–H and O–H groups in total. The van der Waals surface area contributed by atoms with Crippen molar-refractivity contribution < 1.29 is 23.5 Å². The lowest BCUT2D eigenvalue weighted by Gasteiger charge is -2.21. The number of ether oxygens (including phenoxy) is 2. The van der Waals surface area contributed by atoms with Gasteiger partial charge in [0.2, 0.25) is 5.91 Å². The van der Waals surface area contributed by atoms with Crippen LogP contribution in [0.5, 0.6) is 5.75 Å². The Balaban J connectivity index is 2.11. The Labute approximate surface area is 158 Å². The summed E-state index contributed by atoms with van der Waals surface area (Å²) in [5.41, 5.74) is 1.48. The number of carbonyl (C=O) groups is 2. The Morgan fingerprint density at radius 1 is 1.11 bits per heavy atom. The number of nitrogens with zero attached hydrogens (tertiary/aromatic N) is 1. The Kier molecular flexibility index (Phi) is 7.55. The molecule has 0 unspecified atom stereocenters. The van der Waals surface area contributed by atoms with E-state index in [1.807, 2.05) is 30.3 Å². The summed E-state index contributed by atoms with van der Waals surface area (Å²) in [6.45, 7) is 0.583. The van der Waals surface area contributed by atoms with Crippen molar-refractivity contribution in [1.29, 1.82) is 0 Å². The van der Waals surface area contributed by atoms with E-state index in [0.29, 0.717) is 12.1 Å². The van der Waals surface area contributed by atoms with Gasteiger partial charge in [-0.25, -0.2) is 4.39 Å². The quantitative estimate of drug-likeness (QED) is 0.527. The van der Waals surface area contributed by atoms with Crippen LogP contribution in [0.15, 0.2) is 54.6 Å². The Morgan fingerprint density at radius 2 is 1.85 bits per heavy atom. The number of carbonyl (C=O) groups excluding carboxylic acids is 2. The first kappa shape index (κ1) is 20.2. The van der Waals surface area contributed by atoms with Gasteiger partial charge in [0, 0.05) is 19.2 Å². The summed E-state index contributed by atoms with van der Waals surface area (Å²) in [4.78, 5) is 25.6. The van der Waals surface area contributed by atoms with Crippen molar-refractivity contribution in [2.75, 3.05) is 20.8 Å². The number of halogens is 1. The monoisotopic (exact) mass is 371 g/mol. The van der Waals surface area contributed by atoms with Crippen LogP contribution in [0.4, 0.5) is 4.39 Å². The molecule has 0 saturated heterocycles. The molecule has 0 aliphatic heterocycles. The van der Waals surface area contributed by atoms with Crippen LogP contribution in [0, 0.1) is 5.82 Å². The molecule has 0 aromatic heterocycles. The minimum Gasteiger partial charge on any atom is -0.494 e. The van der Waals surface area contributed by atoms with Crippen LogP contribution < -0.4 is 4.74 Å². The van der Waals surface area contributed by atoms with Crippen molar-refractivity contribution in [2.24, 2.45) is 0 Å². The normalized spacial score (nSPS) is 10.6. The van der Waals surface area contributed by atoms with Gasteiger partial charge in [-0.3, -0.25) is 9.59 Å². The zero-order chi connectivity index (χ0) is 19.6. The van der Waals surface area contributed by atoms with Gasteiger partial charge in [-0.15, -0.1) is 0 Å². The van der Waals surface area contributed by atoms with E-state index >= 15 is 0 Å². The molecule has 0 fully saturated rings. The third-order valence-corrected chi connectivity index (χ3v) is 3.94. The average molecular weight is 371 g/mol. The van der Waals surface area contributed by atoms with Crippen molar-refractivity contribution in [2.45, 2.75) is 13.0 Å². The van der Waals surface area contributed by atoms with E-state index in [9.17, 15) is 14.0 Å². The molecule has 0 aliphatic rings. The maximum Gasteiger partial charge on any atom is 0.307 e. The van der Waals surface area contributed by atoms with Crippen LogP contribution in [0.3, 0.4) is 0 Å². The number of hydrogen-bond acceptors (Lipinski definition) is 4. The van der Waals surface area contributed by atoms with Gasteiger partial charge < -0.3 is 14.4 Å². The fourth-order valence-corrected chi connectivity index (χ4v) is 2.46. The van der Waals surface area contributed by atoms with Crippen LogP contribution in [0.25, 0.3) is 6.08 Å². The molecule has 0 heterocycles. The molecule has 6 heteroatoms. The smallest absolute Gasteiger partial charge is 0.307 e. The summed E-state index contributed by atoms with van der Waals surface area (Å²) in [6, 6.07) is 13.9. The third-order valence-electron chi connectivity index (χ3n) is 3.94. The maximum absolute atomic E-state index is 13.8. The molecule has 0 atom stereocenters. The average Bonchev–Trinajstić information content (AvgIpc) is 2.69. The van der Waals surface area contributed by atoms with Crippen molar-refractivity contribution in [3.8, 4) is 5.75 Å². The number of methoxy groups -OCH3 is 2. The second-order valence-corrected chi connectivity index (χ2v) is 5.80. The van der Waals surface area contributed by atoms with Crippen molar-refractivity contribution >= 4 is 18.0 Å². The van der Waals surface area contributed by atoms with Gasteiger partial charge in [0.05, 0.1) is 20.6 Å². The molecule has 0 spiro atoms. The molecule has 0 saturated carbocycles. The van der Waals surface area contributed by atoms with Crippen molar-refractivity contribution in [1.82, 2.24) is 4.90 Å². The van der Waals surface area contributed by atoms with E-state index in [4.69, 9.17) is 4.74 Å². The highest BCUT2D eigenvalue weighted by atomic mass is 19.1. The highest BCUT2D eigenvalue weighted by molar-refractivity contribution is 5.92. The van der Waals surface area contributed by atoms with Crippen LogP contribution in [-0.4, -0.2) is 37.5 Å². The lowest BCUT2D eigenvalue weighted by molar-refractivity contribution is -0.141. The second-order valence-electron chi connectivity index (χ2n) is 5.80. The summed E-state index contributed by atoms with van der Waals surface area (Å²) in [6.07, 6.45) is 2.99. The van der Waals surface area contributed by atoms with Crippen molar-refractivity contribution in [3.63, 3.8) is 0 Å². The van der Waals surface area contributed by atoms with E-state index < -0.39 is 5.82 Å². The van der Waals surface area contributed by atoms with E-state index in [2.05, 4.69) is 4.74 Å². The summed E-state index contributed by atoms with van der Waals surface area (Å²) >= 11 is 0. The first-order valence-electron chi connectivity index (χ1n) is 8.44. The molecule has 2 rings (SSSR count). The molecule has 1 amide bonds. The number of rotatable bonds is 8. The van der Waals surface area contributed by atoms with E-state index in [-0.39, 0.29) is 30.6 Å². The molecule has 0 bridgehead atoms. The molecule has 5 nitrogen and oxygen atoms in total. The van der Waals surface area contributed by atoms with Gasteiger partial charge >= 0.3 is 5.97 Å². The first-order chi connectivity index (χ1) is 13.0. The highest BCUT2D eigenvalue weighted by Gasteiger charge is 2.14.